The molecule has 0 saturated heterocycles. The maximum Gasteiger partial charge on any atom is 0.255 e. The number of furan rings is 1. The summed E-state index contributed by atoms with van der Waals surface area (Å²) < 4.78 is 6.14. The Labute approximate surface area is 215 Å². The summed E-state index contributed by atoms with van der Waals surface area (Å²) in [6.07, 6.45) is 2.30. The van der Waals surface area contributed by atoms with Gasteiger partial charge in [0.1, 0.15) is 11.3 Å². The number of hydrogen-bond donors (Lipinski definition) is 3. The molecule has 0 spiro atoms. The molecule has 1 aromatic heterocycles. The summed E-state index contributed by atoms with van der Waals surface area (Å²) in [4.78, 5) is 37.6. The van der Waals surface area contributed by atoms with Crippen molar-refractivity contribution in [1.29, 1.82) is 0 Å². The van der Waals surface area contributed by atoms with Gasteiger partial charge in [-0.1, -0.05) is 54.4 Å². The molecule has 4 aromatic rings. The van der Waals surface area contributed by atoms with E-state index < -0.39 is 0 Å². The monoisotopic (exact) mass is 495 g/mol. The van der Waals surface area contributed by atoms with Gasteiger partial charge < -0.3 is 20.8 Å². The van der Waals surface area contributed by atoms with Crippen LogP contribution < -0.4 is 16.4 Å². The van der Waals surface area contributed by atoms with Gasteiger partial charge in [-0.25, -0.2) is 0 Å². The highest BCUT2D eigenvalue weighted by Gasteiger charge is 2.32. The first kappa shape index (κ1) is 24.3. The van der Waals surface area contributed by atoms with Crippen molar-refractivity contribution in [3.63, 3.8) is 0 Å². The number of carbonyl (C=O) groups is 3. The minimum atomic E-state index is -0.373. The molecule has 188 valence electrons. The highest BCUT2D eigenvalue weighted by Crippen LogP contribution is 2.36. The molecule has 1 fully saturated rings. The molecule has 0 radical (unpaired) electrons. The maximum absolute atomic E-state index is 13.0. The van der Waals surface area contributed by atoms with Crippen LogP contribution >= 0.6 is 0 Å². The van der Waals surface area contributed by atoms with Gasteiger partial charge in [-0.3, -0.25) is 14.4 Å². The predicted octanol–water partition coefficient (Wildman–Crippen LogP) is 4.82. The molecule has 0 aliphatic heterocycles. The third-order valence-electron chi connectivity index (χ3n) is 7.11. The number of aryl methyl sites for hydroxylation is 1. The Morgan fingerprint density at radius 2 is 1.62 bits per heavy atom. The fourth-order valence-corrected chi connectivity index (χ4v) is 5.10. The third kappa shape index (κ3) is 4.72. The van der Waals surface area contributed by atoms with Crippen molar-refractivity contribution < 1.29 is 18.8 Å². The van der Waals surface area contributed by atoms with Gasteiger partial charge in [-0.2, -0.15) is 0 Å². The second-order valence-electron chi connectivity index (χ2n) is 9.56. The Morgan fingerprint density at radius 1 is 0.892 bits per heavy atom. The number of hydrogen-bond acceptors (Lipinski definition) is 4. The molecule has 7 heteroatoms. The van der Waals surface area contributed by atoms with E-state index in [1.165, 1.54) is 0 Å². The van der Waals surface area contributed by atoms with Gasteiger partial charge in [0.05, 0.1) is 11.5 Å². The van der Waals surface area contributed by atoms with E-state index in [9.17, 15) is 14.4 Å². The Hall–Kier alpha value is -4.39. The average Bonchev–Trinajstić information content (AvgIpc) is 3.53. The summed E-state index contributed by atoms with van der Waals surface area (Å²) in [5.41, 5.74) is 10.7. The van der Waals surface area contributed by atoms with Crippen LogP contribution in [0.1, 0.15) is 45.5 Å². The van der Waals surface area contributed by atoms with E-state index in [0.29, 0.717) is 34.3 Å². The lowest BCUT2D eigenvalue weighted by Gasteiger charge is -2.18. The topological polar surface area (TPSA) is 114 Å². The number of fused-ring (bicyclic) bond motifs is 1. The summed E-state index contributed by atoms with van der Waals surface area (Å²) in [7, 11) is 1.60. The number of nitrogens with one attached hydrogen (secondary N) is 2. The zero-order valence-corrected chi connectivity index (χ0v) is 20.8. The average molecular weight is 496 g/mol. The molecule has 7 nitrogen and oxygen atoms in total. The first-order chi connectivity index (χ1) is 17.9. The highest BCUT2D eigenvalue weighted by molar-refractivity contribution is 6.12. The van der Waals surface area contributed by atoms with E-state index in [0.717, 1.165) is 35.1 Å². The van der Waals surface area contributed by atoms with E-state index >= 15 is 0 Å². The van der Waals surface area contributed by atoms with Crippen LogP contribution in [-0.4, -0.2) is 30.8 Å². The molecule has 1 saturated carbocycles. The number of primary amides is 1. The van der Waals surface area contributed by atoms with Crippen LogP contribution in [0.3, 0.4) is 0 Å². The molecule has 1 aliphatic rings. The van der Waals surface area contributed by atoms with E-state index in [2.05, 4.69) is 10.6 Å². The molecule has 1 aliphatic carbocycles. The molecule has 3 amide bonds. The minimum Gasteiger partial charge on any atom is -0.455 e. The van der Waals surface area contributed by atoms with Gasteiger partial charge in [0.2, 0.25) is 5.91 Å². The van der Waals surface area contributed by atoms with Crippen LogP contribution in [-0.2, 0) is 4.79 Å². The molecule has 2 unspecified atom stereocenters. The van der Waals surface area contributed by atoms with Crippen LogP contribution in [0.15, 0.2) is 71.1 Å². The van der Waals surface area contributed by atoms with Crippen molar-refractivity contribution in [3.05, 3.63) is 83.4 Å². The van der Waals surface area contributed by atoms with Crippen molar-refractivity contribution in [3.8, 4) is 22.5 Å². The first-order valence-electron chi connectivity index (χ1n) is 12.4. The molecule has 0 bridgehead atoms. The van der Waals surface area contributed by atoms with Crippen molar-refractivity contribution in [2.75, 3.05) is 7.05 Å². The number of nitrogens with two attached hydrogens (primary N) is 1. The largest absolute Gasteiger partial charge is 0.455 e. The van der Waals surface area contributed by atoms with Gasteiger partial charge >= 0.3 is 0 Å². The standard InChI is InChI=1S/C30H29N3O4/c1-17-9-11-18(12-10-17)27-26(30(36)32-2)23-16-20(13-14-25(23)37-27)19-5-3-6-21(15-19)29(35)33-24-8-4-7-22(24)28(31)34/h3,5-6,9-16,22,24H,4,7-8H2,1-2H3,(H2,31,34)(H,32,36)(H,33,35). The summed E-state index contributed by atoms with van der Waals surface area (Å²) in [5, 5.41) is 6.40. The van der Waals surface area contributed by atoms with Crippen molar-refractivity contribution in [2.24, 2.45) is 11.7 Å². The van der Waals surface area contributed by atoms with Crippen molar-refractivity contribution in [1.82, 2.24) is 10.6 Å². The summed E-state index contributed by atoms with van der Waals surface area (Å²) >= 11 is 0. The fraction of sp³-hybridized carbons (Fsp3) is 0.233. The lowest BCUT2D eigenvalue weighted by Crippen LogP contribution is -2.42. The SMILES string of the molecule is CNC(=O)c1c(-c2ccc(C)cc2)oc2ccc(-c3cccc(C(=O)NC4CCCC4C(N)=O)c3)cc12. The van der Waals surface area contributed by atoms with Gasteiger partial charge in [-0.15, -0.1) is 0 Å². The van der Waals surface area contributed by atoms with Crippen LogP contribution in [0.25, 0.3) is 33.4 Å². The Kier molecular flexibility index (Phi) is 6.53. The number of benzene rings is 3. The molecule has 5 rings (SSSR count). The minimum absolute atomic E-state index is 0.236. The summed E-state index contributed by atoms with van der Waals surface area (Å²) in [5.74, 6) is -0.666. The molecule has 4 N–H and O–H groups in total. The predicted molar refractivity (Wildman–Crippen MR) is 143 cm³/mol. The van der Waals surface area contributed by atoms with Gasteiger partial charge in [-0.05, 0) is 55.2 Å². The zero-order chi connectivity index (χ0) is 26.1. The van der Waals surface area contributed by atoms with Crippen molar-refractivity contribution in [2.45, 2.75) is 32.2 Å². The van der Waals surface area contributed by atoms with Crippen LogP contribution in [0, 0.1) is 12.8 Å². The normalized spacial score (nSPS) is 17.0. The van der Waals surface area contributed by atoms with Crippen LogP contribution in [0.2, 0.25) is 0 Å². The molecular formula is C30H29N3O4. The number of amides is 3. The Morgan fingerprint density at radius 3 is 2.35 bits per heavy atom. The summed E-state index contributed by atoms with van der Waals surface area (Å²) in [6, 6.07) is 20.6. The third-order valence-corrected chi connectivity index (χ3v) is 7.11. The number of rotatable bonds is 6. The van der Waals surface area contributed by atoms with E-state index in [1.54, 1.807) is 13.1 Å². The molecule has 1 heterocycles. The smallest absolute Gasteiger partial charge is 0.255 e. The molecular weight excluding hydrogens is 466 g/mol. The second-order valence-corrected chi connectivity index (χ2v) is 9.56. The highest BCUT2D eigenvalue weighted by atomic mass is 16.3. The van der Waals surface area contributed by atoms with Crippen LogP contribution in [0.4, 0.5) is 0 Å². The maximum atomic E-state index is 13.0. The quantitative estimate of drug-likeness (QED) is 0.356. The van der Waals surface area contributed by atoms with Gasteiger partial charge in [0, 0.05) is 29.6 Å². The second kappa shape index (κ2) is 9.93. The number of carbonyl (C=O) groups excluding carboxylic acids is 3. The van der Waals surface area contributed by atoms with E-state index in [4.69, 9.17) is 10.2 Å². The van der Waals surface area contributed by atoms with E-state index in [1.807, 2.05) is 67.6 Å². The van der Waals surface area contributed by atoms with Crippen molar-refractivity contribution >= 4 is 28.7 Å². The van der Waals surface area contributed by atoms with E-state index in [-0.39, 0.29) is 29.7 Å². The van der Waals surface area contributed by atoms with Gasteiger partial charge in [0.25, 0.3) is 11.8 Å². The Balaban J connectivity index is 1.50. The first-order valence-corrected chi connectivity index (χ1v) is 12.4. The van der Waals surface area contributed by atoms with Crippen LogP contribution in [0.5, 0.6) is 0 Å². The lowest BCUT2D eigenvalue weighted by atomic mass is 9.98. The summed E-state index contributed by atoms with van der Waals surface area (Å²) in [6.45, 7) is 2.01. The Bertz CT molecular complexity index is 1500. The zero-order valence-electron chi connectivity index (χ0n) is 20.8. The molecule has 37 heavy (non-hydrogen) atoms. The molecule has 2 atom stereocenters. The molecule has 3 aromatic carbocycles. The van der Waals surface area contributed by atoms with Gasteiger partial charge in [0.15, 0.2) is 0 Å². The lowest BCUT2D eigenvalue weighted by molar-refractivity contribution is -0.122. The fourth-order valence-electron chi connectivity index (χ4n) is 5.10.